The number of nitrogens with zero attached hydrogens (tertiary/aromatic N) is 3. The van der Waals surface area contributed by atoms with Gasteiger partial charge < -0.3 is 5.32 Å². The van der Waals surface area contributed by atoms with Crippen LogP contribution in [0.3, 0.4) is 0 Å². The molecule has 0 radical (unpaired) electrons. The zero-order chi connectivity index (χ0) is 14.8. The first kappa shape index (κ1) is 13.8. The van der Waals surface area contributed by atoms with Gasteiger partial charge in [-0.3, -0.25) is 4.79 Å². The summed E-state index contributed by atoms with van der Waals surface area (Å²) in [6, 6.07) is 7.57. The van der Waals surface area contributed by atoms with Crippen LogP contribution >= 0.6 is 11.3 Å². The Bertz CT molecular complexity index is 758. The molecule has 0 unspecified atom stereocenters. The van der Waals surface area contributed by atoms with Crippen LogP contribution in [0.2, 0.25) is 0 Å². The van der Waals surface area contributed by atoms with Crippen LogP contribution in [0, 0.1) is 13.8 Å². The Morgan fingerprint density at radius 3 is 3.00 bits per heavy atom. The van der Waals surface area contributed by atoms with Gasteiger partial charge in [0.1, 0.15) is 5.01 Å². The zero-order valence-electron chi connectivity index (χ0n) is 12.0. The van der Waals surface area contributed by atoms with Crippen molar-refractivity contribution in [3.63, 3.8) is 0 Å². The van der Waals surface area contributed by atoms with Gasteiger partial charge in [0.2, 0.25) is 4.96 Å². The van der Waals surface area contributed by atoms with Crippen molar-refractivity contribution in [2.75, 3.05) is 6.54 Å². The maximum absolute atomic E-state index is 12.0. The van der Waals surface area contributed by atoms with Crippen molar-refractivity contribution in [1.29, 1.82) is 0 Å². The van der Waals surface area contributed by atoms with Gasteiger partial charge in [0.05, 0.1) is 11.9 Å². The number of fused-ring (bicyclic) bond motifs is 1. The van der Waals surface area contributed by atoms with Gasteiger partial charge in [-0.25, -0.2) is 9.50 Å². The van der Waals surface area contributed by atoms with Crippen molar-refractivity contribution in [2.45, 2.75) is 20.3 Å². The minimum atomic E-state index is -0.0475. The van der Waals surface area contributed by atoms with Gasteiger partial charge in [-0.15, -0.1) is 0 Å². The molecule has 0 aliphatic carbocycles. The predicted octanol–water partition coefficient (Wildman–Crippen LogP) is 2.38. The summed E-state index contributed by atoms with van der Waals surface area (Å²) in [6.45, 7) is 4.50. The average Bonchev–Trinajstić information content (AvgIpc) is 2.95. The third kappa shape index (κ3) is 3.11. The molecule has 5 nitrogen and oxygen atoms in total. The summed E-state index contributed by atoms with van der Waals surface area (Å²) in [5.74, 6) is -0.0475. The minimum Gasteiger partial charge on any atom is -0.352 e. The normalized spacial score (nSPS) is 11.0. The molecule has 0 spiro atoms. The molecule has 1 N–H and O–H groups in total. The van der Waals surface area contributed by atoms with Gasteiger partial charge in [0.15, 0.2) is 0 Å². The van der Waals surface area contributed by atoms with Crippen LogP contribution in [0.5, 0.6) is 0 Å². The summed E-state index contributed by atoms with van der Waals surface area (Å²) in [5, 5.41) is 8.23. The smallest absolute Gasteiger partial charge is 0.251 e. The molecule has 0 aliphatic heterocycles. The minimum absolute atomic E-state index is 0.0475. The molecular formula is C15H16N4OS. The number of nitrogens with one attached hydrogen (secondary N) is 1. The van der Waals surface area contributed by atoms with E-state index >= 15 is 0 Å². The van der Waals surface area contributed by atoms with E-state index < -0.39 is 0 Å². The predicted molar refractivity (Wildman–Crippen MR) is 82.8 cm³/mol. The molecular weight excluding hydrogens is 284 g/mol. The Hall–Kier alpha value is -2.21. The second kappa shape index (κ2) is 5.65. The van der Waals surface area contributed by atoms with Crippen molar-refractivity contribution >= 4 is 22.2 Å². The number of carbonyl (C=O) groups is 1. The van der Waals surface area contributed by atoms with E-state index in [1.54, 1.807) is 15.9 Å². The van der Waals surface area contributed by atoms with E-state index in [1.807, 2.05) is 44.3 Å². The molecule has 0 fully saturated rings. The monoisotopic (exact) mass is 300 g/mol. The first-order valence-electron chi connectivity index (χ1n) is 6.78. The molecule has 3 aromatic rings. The van der Waals surface area contributed by atoms with Crippen molar-refractivity contribution < 1.29 is 4.79 Å². The standard InChI is InChI=1S/C15H16N4OS/c1-10-4-3-5-12(8-10)14(20)16-7-6-13-9-19-15(17-13)21-11(2)18-19/h3-5,8-9H,6-7H2,1-2H3,(H,16,20). The molecule has 1 amide bonds. The highest BCUT2D eigenvalue weighted by Gasteiger charge is 2.08. The van der Waals surface area contributed by atoms with Crippen molar-refractivity contribution in [1.82, 2.24) is 19.9 Å². The maximum atomic E-state index is 12.0. The molecule has 6 heteroatoms. The van der Waals surface area contributed by atoms with Crippen molar-refractivity contribution in [2.24, 2.45) is 0 Å². The number of carbonyl (C=O) groups excluding carboxylic acids is 1. The Balaban J connectivity index is 1.58. The highest BCUT2D eigenvalue weighted by atomic mass is 32.1. The fourth-order valence-electron chi connectivity index (χ4n) is 2.16. The van der Waals surface area contributed by atoms with Crippen LogP contribution in [-0.2, 0) is 6.42 Å². The number of aromatic nitrogens is 3. The van der Waals surface area contributed by atoms with Crippen LogP contribution in [-0.4, -0.2) is 27.0 Å². The summed E-state index contributed by atoms with van der Waals surface area (Å²) in [4.78, 5) is 17.4. The van der Waals surface area contributed by atoms with Crippen molar-refractivity contribution in [3.05, 3.63) is 52.3 Å². The van der Waals surface area contributed by atoms with E-state index in [9.17, 15) is 4.79 Å². The molecule has 0 saturated heterocycles. The van der Waals surface area contributed by atoms with E-state index in [-0.39, 0.29) is 5.91 Å². The number of rotatable bonds is 4. The maximum Gasteiger partial charge on any atom is 0.251 e. The molecule has 0 saturated carbocycles. The molecule has 108 valence electrons. The van der Waals surface area contributed by atoms with E-state index in [2.05, 4.69) is 15.4 Å². The lowest BCUT2D eigenvalue weighted by molar-refractivity contribution is 0.0954. The number of hydrogen-bond donors (Lipinski definition) is 1. The lowest BCUT2D eigenvalue weighted by Gasteiger charge is -2.04. The second-order valence-corrected chi connectivity index (χ2v) is 6.12. The van der Waals surface area contributed by atoms with Gasteiger partial charge in [0, 0.05) is 18.5 Å². The van der Waals surface area contributed by atoms with Gasteiger partial charge >= 0.3 is 0 Å². The molecule has 3 rings (SSSR count). The fraction of sp³-hybridized carbons (Fsp3) is 0.267. The molecule has 0 aliphatic rings. The third-order valence-corrected chi connectivity index (χ3v) is 3.98. The zero-order valence-corrected chi connectivity index (χ0v) is 12.8. The van der Waals surface area contributed by atoms with Crippen LogP contribution in [0.15, 0.2) is 30.5 Å². The van der Waals surface area contributed by atoms with Crippen LogP contribution in [0.4, 0.5) is 0 Å². The van der Waals surface area contributed by atoms with Crippen LogP contribution in [0.25, 0.3) is 4.96 Å². The van der Waals surface area contributed by atoms with Crippen molar-refractivity contribution in [3.8, 4) is 0 Å². The van der Waals surface area contributed by atoms with Gasteiger partial charge in [0.25, 0.3) is 5.91 Å². The lowest BCUT2D eigenvalue weighted by atomic mass is 10.1. The molecule has 1 aromatic carbocycles. The van der Waals surface area contributed by atoms with Crippen LogP contribution in [0.1, 0.15) is 26.6 Å². The molecule has 0 bridgehead atoms. The highest BCUT2D eigenvalue weighted by molar-refractivity contribution is 7.16. The number of benzene rings is 1. The Kier molecular flexibility index (Phi) is 3.70. The summed E-state index contributed by atoms with van der Waals surface area (Å²) in [6.07, 6.45) is 2.62. The van der Waals surface area contributed by atoms with E-state index in [1.165, 1.54) is 0 Å². The van der Waals surface area contributed by atoms with Gasteiger partial charge in [-0.2, -0.15) is 5.10 Å². The molecule has 2 heterocycles. The van der Waals surface area contributed by atoms with Gasteiger partial charge in [-0.05, 0) is 26.0 Å². The SMILES string of the molecule is Cc1cccc(C(=O)NCCc2cn3nc(C)sc3n2)c1. The Labute approximate surface area is 126 Å². The Morgan fingerprint density at radius 1 is 1.38 bits per heavy atom. The lowest BCUT2D eigenvalue weighted by Crippen LogP contribution is -2.25. The first-order chi connectivity index (χ1) is 10.1. The number of aryl methyl sites for hydroxylation is 2. The summed E-state index contributed by atoms with van der Waals surface area (Å²) >= 11 is 1.56. The molecule has 0 atom stereocenters. The number of hydrogen-bond acceptors (Lipinski definition) is 4. The first-order valence-corrected chi connectivity index (χ1v) is 7.60. The largest absolute Gasteiger partial charge is 0.352 e. The van der Waals surface area contributed by atoms with E-state index in [0.717, 1.165) is 21.2 Å². The van der Waals surface area contributed by atoms with Gasteiger partial charge in [-0.1, -0.05) is 29.0 Å². The fourth-order valence-corrected chi connectivity index (χ4v) is 2.90. The third-order valence-electron chi connectivity index (χ3n) is 3.14. The quantitative estimate of drug-likeness (QED) is 0.805. The number of imidazole rings is 1. The van der Waals surface area contributed by atoms with Crippen LogP contribution < -0.4 is 5.32 Å². The van der Waals surface area contributed by atoms with E-state index in [4.69, 9.17) is 0 Å². The summed E-state index contributed by atoms with van der Waals surface area (Å²) < 4.78 is 1.79. The topological polar surface area (TPSA) is 59.3 Å². The Morgan fingerprint density at radius 2 is 2.24 bits per heavy atom. The number of amides is 1. The second-order valence-electron chi connectivity index (χ2n) is 4.96. The van der Waals surface area contributed by atoms with E-state index in [0.29, 0.717) is 18.5 Å². The highest BCUT2D eigenvalue weighted by Crippen LogP contribution is 2.13. The summed E-state index contributed by atoms with van der Waals surface area (Å²) in [7, 11) is 0. The summed E-state index contributed by atoms with van der Waals surface area (Å²) in [5.41, 5.74) is 2.72. The molecule has 21 heavy (non-hydrogen) atoms. The average molecular weight is 300 g/mol. The molecule has 2 aromatic heterocycles.